The molecule has 1 saturated carbocycles. The van der Waals surface area contributed by atoms with Gasteiger partial charge in [0.25, 0.3) is 0 Å². The van der Waals surface area contributed by atoms with Gasteiger partial charge in [0.15, 0.2) is 0 Å². The molecule has 2 atom stereocenters. The number of ether oxygens (including phenoxy) is 1. The van der Waals surface area contributed by atoms with Crippen LogP contribution in [-0.4, -0.2) is 52.7 Å². The Kier molecular flexibility index (Phi) is 5.35. The molecule has 7 nitrogen and oxygen atoms in total. The summed E-state index contributed by atoms with van der Waals surface area (Å²) in [5.41, 5.74) is 0. The molecule has 7 heteroatoms. The highest BCUT2D eigenvalue weighted by Crippen LogP contribution is 2.31. The molecule has 0 unspecified atom stereocenters. The fraction of sp³-hybridized carbons (Fsp3) is 0.812. The number of hydrogen-bond donors (Lipinski definition) is 2. The maximum absolute atomic E-state index is 12.8. The molecule has 0 radical (unpaired) electrons. The van der Waals surface area contributed by atoms with E-state index in [0.29, 0.717) is 32.2 Å². The number of amides is 2. The van der Waals surface area contributed by atoms with E-state index in [9.17, 15) is 19.5 Å². The first-order valence-electron chi connectivity index (χ1n) is 8.72. The average Bonchev–Trinajstić information content (AvgIpc) is 2.92. The molecular weight excluding hydrogens is 300 g/mol. The number of aliphatic carboxylic acids is 1. The van der Waals surface area contributed by atoms with E-state index in [1.807, 2.05) is 0 Å². The molecule has 1 heterocycles. The number of likely N-dealkylation sites (tertiary alicyclic amines) is 1. The SMILES string of the molecule is [2H]C1(C[C@H](NC(=O)OC(C)C)C(=O)N2CCC[C@H]2C(=O)O)CCC1. The van der Waals surface area contributed by atoms with Crippen LogP contribution < -0.4 is 5.32 Å². The number of nitrogens with one attached hydrogen (secondary N) is 1. The molecule has 130 valence electrons. The maximum atomic E-state index is 12.8. The van der Waals surface area contributed by atoms with E-state index in [-0.39, 0.29) is 12.5 Å². The Labute approximate surface area is 137 Å². The highest BCUT2D eigenvalue weighted by Gasteiger charge is 2.39. The van der Waals surface area contributed by atoms with Crippen molar-refractivity contribution in [3.63, 3.8) is 0 Å². The minimum absolute atomic E-state index is 0.182. The van der Waals surface area contributed by atoms with Crippen molar-refractivity contribution in [1.29, 1.82) is 0 Å². The molecule has 0 aromatic carbocycles. The third kappa shape index (κ3) is 4.59. The van der Waals surface area contributed by atoms with Crippen LogP contribution in [-0.2, 0) is 14.3 Å². The van der Waals surface area contributed by atoms with Crippen molar-refractivity contribution in [2.75, 3.05) is 6.54 Å². The van der Waals surface area contributed by atoms with Crippen molar-refractivity contribution in [2.24, 2.45) is 5.89 Å². The fourth-order valence-electron chi connectivity index (χ4n) is 3.00. The summed E-state index contributed by atoms with van der Waals surface area (Å²) >= 11 is 0. The number of nitrogens with zero attached hydrogens (tertiary/aromatic N) is 1. The zero-order valence-electron chi connectivity index (χ0n) is 14.7. The lowest BCUT2D eigenvalue weighted by molar-refractivity contribution is -0.149. The molecule has 0 bridgehead atoms. The van der Waals surface area contributed by atoms with Crippen molar-refractivity contribution in [2.45, 2.75) is 70.6 Å². The third-order valence-corrected chi connectivity index (χ3v) is 4.31. The molecule has 2 amide bonds. The van der Waals surface area contributed by atoms with Crippen LogP contribution in [0.2, 0.25) is 0 Å². The van der Waals surface area contributed by atoms with E-state index in [2.05, 4.69) is 5.32 Å². The monoisotopic (exact) mass is 327 g/mol. The highest BCUT2D eigenvalue weighted by atomic mass is 16.6. The molecule has 0 spiro atoms. The Hall–Kier alpha value is -1.79. The molecule has 2 N–H and O–H groups in total. The second-order valence-corrected chi connectivity index (χ2v) is 6.49. The summed E-state index contributed by atoms with van der Waals surface area (Å²) in [5, 5.41) is 11.8. The third-order valence-electron chi connectivity index (χ3n) is 4.31. The van der Waals surface area contributed by atoms with E-state index < -0.39 is 35.9 Å². The number of carbonyl (C=O) groups excluding carboxylic acids is 2. The Morgan fingerprint density at radius 3 is 2.52 bits per heavy atom. The van der Waals surface area contributed by atoms with Gasteiger partial charge in [0.05, 0.1) is 6.10 Å². The van der Waals surface area contributed by atoms with E-state index >= 15 is 0 Å². The van der Waals surface area contributed by atoms with Crippen LogP contribution in [0.5, 0.6) is 0 Å². The number of hydrogen-bond acceptors (Lipinski definition) is 4. The van der Waals surface area contributed by atoms with Gasteiger partial charge >= 0.3 is 12.1 Å². The van der Waals surface area contributed by atoms with E-state index in [4.69, 9.17) is 6.11 Å². The average molecular weight is 327 g/mol. The summed E-state index contributed by atoms with van der Waals surface area (Å²) in [6.45, 7) is 3.77. The number of carboxylic acids is 1. The lowest BCUT2D eigenvalue weighted by atomic mass is 9.80. The normalized spacial score (nSPS) is 24.6. The molecule has 1 aliphatic carbocycles. The molecule has 1 aliphatic heterocycles. The number of carboxylic acid groups (broad SMARTS) is 1. The first-order valence-corrected chi connectivity index (χ1v) is 8.22. The fourth-order valence-corrected chi connectivity index (χ4v) is 3.00. The molecule has 0 aromatic heterocycles. The van der Waals surface area contributed by atoms with E-state index in [0.717, 1.165) is 6.42 Å². The second-order valence-electron chi connectivity index (χ2n) is 6.49. The number of carbonyl (C=O) groups is 3. The van der Waals surface area contributed by atoms with Crippen molar-refractivity contribution < 1.29 is 25.6 Å². The zero-order valence-corrected chi connectivity index (χ0v) is 13.7. The molecule has 2 fully saturated rings. The Bertz CT molecular complexity index is 507. The number of rotatable bonds is 6. The smallest absolute Gasteiger partial charge is 0.408 e. The topological polar surface area (TPSA) is 95.9 Å². The Balaban J connectivity index is 2.09. The van der Waals surface area contributed by atoms with Crippen LogP contribution in [0.4, 0.5) is 4.79 Å². The van der Waals surface area contributed by atoms with Crippen molar-refractivity contribution in [3.05, 3.63) is 0 Å². The van der Waals surface area contributed by atoms with Gasteiger partial charge in [0.2, 0.25) is 5.91 Å². The van der Waals surface area contributed by atoms with Crippen LogP contribution in [0.15, 0.2) is 0 Å². The summed E-state index contributed by atoms with van der Waals surface area (Å²) in [4.78, 5) is 37.3. The molecule has 23 heavy (non-hydrogen) atoms. The van der Waals surface area contributed by atoms with Gasteiger partial charge in [-0.15, -0.1) is 0 Å². The summed E-state index contributed by atoms with van der Waals surface area (Å²) in [6.07, 6.45) is 2.48. The van der Waals surface area contributed by atoms with Crippen LogP contribution in [0, 0.1) is 5.89 Å². The molecule has 2 aliphatic rings. The first kappa shape index (κ1) is 16.1. The zero-order chi connectivity index (χ0) is 17.9. The molecule has 2 rings (SSSR count). The van der Waals surface area contributed by atoms with Gasteiger partial charge in [-0.05, 0) is 39.0 Å². The summed E-state index contributed by atoms with van der Waals surface area (Å²) in [6, 6.07) is -1.78. The summed E-state index contributed by atoms with van der Waals surface area (Å²) < 4.78 is 13.3. The molecular formula is C16H26N2O5. The van der Waals surface area contributed by atoms with Gasteiger partial charge in [-0.3, -0.25) is 4.79 Å². The second kappa shape index (κ2) is 7.66. The van der Waals surface area contributed by atoms with Crippen molar-refractivity contribution in [3.8, 4) is 0 Å². The summed E-state index contributed by atoms with van der Waals surface area (Å²) in [5.74, 6) is -2.20. The maximum Gasteiger partial charge on any atom is 0.408 e. The van der Waals surface area contributed by atoms with Crippen LogP contribution in [0.25, 0.3) is 0 Å². The standard InChI is InChI=1S/C16H26N2O5/c1-10(2)23-16(22)17-12(9-11-5-3-6-11)14(19)18-8-4-7-13(18)15(20)21/h10-13H,3-9H2,1-2H3,(H,17,22)(H,20,21)/t12-,13-/m0/s1/i11D. The van der Waals surface area contributed by atoms with Gasteiger partial charge < -0.3 is 20.1 Å². The Morgan fingerprint density at radius 2 is 2.00 bits per heavy atom. The predicted molar refractivity (Wildman–Crippen MR) is 82.9 cm³/mol. The first-order chi connectivity index (χ1) is 11.2. The van der Waals surface area contributed by atoms with Gasteiger partial charge in [-0.2, -0.15) is 0 Å². The van der Waals surface area contributed by atoms with E-state index in [1.54, 1.807) is 13.8 Å². The lowest BCUT2D eigenvalue weighted by Crippen LogP contribution is -2.52. The Morgan fingerprint density at radius 1 is 1.30 bits per heavy atom. The van der Waals surface area contributed by atoms with Gasteiger partial charge in [-0.25, -0.2) is 9.59 Å². The van der Waals surface area contributed by atoms with Crippen LogP contribution >= 0.6 is 0 Å². The largest absolute Gasteiger partial charge is 0.480 e. The van der Waals surface area contributed by atoms with Gasteiger partial charge in [0, 0.05) is 7.92 Å². The number of alkyl carbamates (subject to hydrolysis) is 1. The summed E-state index contributed by atoms with van der Waals surface area (Å²) in [7, 11) is 0. The van der Waals surface area contributed by atoms with Crippen LogP contribution in [0.3, 0.4) is 0 Å². The van der Waals surface area contributed by atoms with Gasteiger partial charge in [0.1, 0.15) is 12.1 Å². The highest BCUT2D eigenvalue weighted by molar-refractivity contribution is 5.89. The van der Waals surface area contributed by atoms with Crippen molar-refractivity contribution in [1.82, 2.24) is 10.2 Å². The quantitative estimate of drug-likeness (QED) is 0.775. The van der Waals surface area contributed by atoms with E-state index in [1.165, 1.54) is 4.90 Å². The van der Waals surface area contributed by atoms with Crippen molar-refractivity contribution >= 4 is 18.0 Å². The van der Waals surface area contributed by atoms with Gasteiger partial charge in [-0.1, -0.05) is 19.3 Å². The molecule has 0 aromatic rings. The van der Waals surface area contributed by atoms with Crippen LogP contribution in [0.1, 0.15) is 53.7 Å². The molecule has 1 saturated heterocycles. The minimum Gasteiger partial charge on any atom is -0.480 e. The minimum atomic E-state index is -1.03. The lowest BCUT2D eigenvalue weighted by Gasteiger charge is -2.32. The predicted octanol–water partition coefficient (Wildman–Crippen LogP) is 1.76.